The van der Waals surface area contributed by atoms with Crippen LogP contribution >= 0.6 is 11.6 Å². The van der Waals surface area contributed by atoms with Crippen molar-refractivity contribution in [2.45, 2.75) is 12.5 Å². The quantitative estimate of drug-likeness (QED) is 0.900. The molecule has 0 spiro atoms. The minimum absolute atomic E-state index is 0.0696. The maximum atomic E-state index is 13.2. The highest BCUT2D eigenvalue weighted by molar-refractivity contribution is 6.30. The maximum absolute atomic E-state index is 13.2. The van der Waals surface area contributed by atoms with Crippen molar-refractivity contribution in [2.24, 2.45) is 0 Å². The molecule has 0 amide bonds. The minimum Gasteiger partial charge on any atom is -0.497 e. The molecule has 20 heavy (non-hydrogen) atoms. The molecule has 0 fully saturated rings. The third-order valence-corrected chi connectivity index (χ3v) is 3.56. The van der Waals surface area contributed by atoms with Gasteiger partial charge in [0.05, 0.1) is 12.1 Å². The summed E-state index contributed by atoms with van der Waals surface area (Å²) in [6.45, 7) is 0. The Morgan fingerprint density at radius 1 is 1.25 bits per heavy atom. The molecule has 2 rings (SSSR count). The van der Waals surface area contributed by atoms with Crippen LogP contribution in [0.4, 0.5) is 4.39 Å². The van der Waals surface area contributed by atoms with E-state index < -0.39 is 5.82 Å². The number of hydrogen-bond donors (Lipinski definition) is 1. The van der Waals surface area contributed by atoms with Crippen LogP contribution in [-0.4, -0.2) is 14.2 Å². The summed E-state index contributed by atoms with van der Waals surface area (Å²) in [5.74, 6) is 0.432. The van der Waals surface area contributed by atoms with E-state index in [1.54, 1.807) is 19.2 Å². The van der Waals surface area contributed by atoms with E-state index in [0.717, 1.165) is 23.3 Å². The van der Waals surface area contributed by atoms with Crippen LogP contribution in [0.1, 0.15) is 17.2 Å². The molecular formula is C16H17ClFNO. The second kappa shape index (κ2) is 6.73. The molecule has 2 aromatic rings. The lowest BCUT2D eigenvalue weighted by Gasteiger charge is -2.17. The van der Waals surface area contributed by atoms with Gasteiger partial charge in [-0.3, -0.25) is 0 Å². The van der Waals surface area contributed by atoms with E-state index in [1.807, 2.05) is 31.3 Å². The van der Waals surface area contributed by atoms with Crippen molar-refractivity contribution in [3.8, 4) is 5.75 Å². The van der Waals surface area contributed by atoms with Crippen molar-refractivity contribution in [2.75, 3.05) is 14.2 Å². The molecule has 4 heteroatoms. The van der Waals surface area contributed by atoms with Gasteiger partial charge in [-0.15, -0.1) is 0 Å². The van der Waals surface area contributed by atoms with Gasteiger partial charge < -0.3 is 10.1 Å². The van der Waals surface area contributed by atoms with E-state index in [1.165, 1.54) is 6.07 Å². The molecule has 106 valence electrons. The number of benzene rings is 2. The van der Waals surface area contributed by atoms with Crippen molar-refractivity contribution in [3.05, 3.63) is 64.4 Å². The van der Waals surface area contributed by atoms with Crippen molar-refractivity contribution >= 4 is 11.6 Å². The van der Waals surface area contributed by atoms with Crippen molar-refractivity contribution in [1.82, 2.24) is 5.32 Å². The molecule has 0 aliphatic carbocycles. The maximum Gasteiger partial charge on any atom is 0.141 e. The van der Waals surface area contributed by atoms with E-state index >= 15 is 0 Å². The predicted molar refractivity (Wildman–Crippen MR) is 79.9 cm³/mol. The molecule has 0 radical (unpaired) electrons. The van der Waals surface area contributed by atoms with Crippen molar-refractivity contribution in [3.63, 3.8) is 0 Å². The van der Waals surface area contributed by atoms with Gasteiger partial charge in [0.25, 0.3) is 0 Å². The average Bonchev–Trinajstić information content (AvgIpc) is 2.48. The van der Waals surface area contributed by atoms with Crippen LogP contribution in [0.5, 0.6) is 5.75 Å². The summed E-state index contributed by atoms with van der Waals surface area (Å²) in [5, 5.41) is 3.38. The van der Waals surface area contributed by atoms with Crippen LogP contribution in [0.3, 0.4) is 0 Å². The molecular weight excluding hydrogens is 277 g/mol. The number of methoxy groups -OCH3 is 1. The van der Waals surface area contributed by atoms with Gasteiger partial charge in [-0.25, -0.2) is 4.39 Å². The first-order valence-electron chi connectivity index (χ1n) is 6.39. The Labute approximate surface area is 123 Å². The standard InChI is InChI=1S/C16H17ClFNO/c1-19-16(12-6-7-15(18)14(17)10-12)9-11-4-3-5-13(8-11)20-2/h3-8,10,16,19H,9H2,1-2H3. The zero-order chi connectivity index (χ0) is 14.5. The van der Waals surface area contributed by atoms with Crippen molar-refractivity contribution in [1.29, 1.82) is 0 Å². The Morgan fingerprint density at radius 2 is 2.05 bits per heavy atom. The summed E-state index contributed by atoms with van der Waals surface area (Å²) in [5.41, 5.74) is 2.10. The number of halogens is 2. The van der Waals surface area contributed by atoms with Gasteiger partial charge in [0.15, 0.2) is 0 Å². The predicted octanol–water partition coefficient (Wildman–Crippen LogP) is 3.99. The molecule has 0 aromatic heterocycles. The van der Waals surface area contributed by atoms with Crippen LogP contribution in [0.25, 0.3) is 0 Å². The Balaban J connectivity index is 2.21. The molecule has 2 nitrogen and oxygen atoms in total. The lowest BCUT2D eigenvalue weighted by molar-refractivity contribution is 0.414. The van der Waals surface area contributed by atoms with E-state index in [4.69, 9.17) is 16.3 Å². The summed E-state index contributed by atoms with van der Waals surface area (Å²) >= 11 is 5.84. The van der Waals surface area contributed by atoms with Gasteiger partial charge in [-0.1, -0.05) is 29.8 Å². The second-order valence-electron chi connectivity index (χ2n) is 4.57. The fourth-order valence-corrected chi connectivity index (χ4v) is 2.34. The third-order valence-electron chi connectivity index (χ3n) is 3.27. The van der Waals surface area contributed by atoms with Gasteiger partial charge in [0.1, 0.15) is 11.6 Å². The van der Waals surface area contributed by atoms with Crippen LogP contribution in [-0.2, 0) is 6.42 Å². The van der Waals surface area contributed by atoms with Gasteiger partial charge >= 0.3 is 0 Å². The molecule has 1 atom stereocenters. The van der Waals surface area contributed by atoms with Gasteiger partial charge in [-0.2, -0.15) is 0 Å². The largest absolute Gasteiger partial charge is 0.497 e. The fourth-order valence-electron chi connectivity index (χ4n) is 2.15. The second-order valence-corrected chi connectivity index (χ2v) is 4.98. The Hall–Kier alpha value is -1.58. The summed E-state index contributed by atoms with van der Waals surface area (Å²) in [7, 11) is 3.52. The summed E-state index contributed by atoms with van der Waals surface area (Å²) in [4.78, 5) is 0. The highest BCUT2D eigenvalue weighted by Gasteiger charge is 2.12. The minimum atomic E-state index is -0.397. The molecule has 0 aliphatic rings. The first kappa shape index (κ1) is 14.8. The first-order chi connectivity index (χ1) is 9.63. The normalized spacial score (nSPS) is 12.2. The number of ether oxygens (including phenoxy) is 1. The molecule has 1 unspecified atom stereocenters. The lowest BCUT2D eigenvalue weighted by atomic mass is 9.99. The van der Waals surface area contributed by atoms with E-state index in [2.05, 4.69) is 5.32 Å². The lowest BCUT2D eigenvalue weighted by Crippen LogP contribution is -2.19. The Bertz CT molecular complexity index is 588. The third kappa shape index (κ3) is 3.50. The first-order valence-corrected chi connectivity index (χ1v) is 6.77. The van der Waals surface area contributed by atoms with Crippen LogP contribution in [0, 0.1) is 5.82 Å². The number of likely N-dealkylation sites (N-methyl/N-ethyl adjacent to an activating group) is 1. The fraction of sp³-hybridized carbons (Fsp3) is 0.250. The SMILES string of the molecule is CNC(Cc1cccc(OC)c1)c1ccc(F)c(Cl)c1. The zero-order valence-electron chi connectivity index (χ0n) is 11.5. The van der Waals surface area contributed by atoms with Crippen LogP contribution < -0.4 is 10.1 Å². The smallest absolute Gasteiger partial charge is 0.141 e. The summed E-state index contributed by atoms with van der Waals surface area (Å²) in [6, 6.07) is 12.8. The van der Waals surface area contributed by atoms with Crippen molar-refractivity contribution < 1.29 is 9.13 Å². The molecule has 1 N–H and O–H groups in total. The monoisotopic (exact) mass is 293 g/mol. The van der Waals surface area contributed by atoms with E-state index in [-0.39, 0.29) is 11.1 Å². The number of nitrogens with one attached hydrogen (secondary N) is 1. The number of hydrogen-bond acceptors (Lipinski definition) is 2. The van der Waals surface area contributed by atoms with Gasteiger partial charge in [0.2, 0.25) is 0 Å². The van der Waals surface area contributed by atoms with E-state index in [9.17, 15) is 4.39 Å². The zero-order valence-corrected chi connectivity index (χ0v) is 12.2. The Kier molecular flexibility index (Phi) is 4.99. The molecule has 2 aromatic carbocycles. The topological polar surface area (TPSA) is 21.3 Å². The molecule has 0 saturated carbocycles. The molecule has 0 saturated heterocycles. The van der Waals surface area contributed by atoms with Gasteiger partial charge in [-0.05, 0) is 48.9 Å². The summed E-state index contributed by atoms with van der Waals surface area (Å²) in [6.07, 6.45) is 0.773. The molecule has 0 bridgehead atoms. The van der Waals surface area contributed by atoms with Crippen LogP contribution in [0.2, 0.25) is 5.02 Å². The average molecular weight is 294 g/mol. The van der Waals surface area contributed by atoms with Crippen LogP contribution in [0.15, 0.2) is 42.5 Å². The number of rotatable bonds is 5. The van der Waals surface area contributed by atoms with Gasteiger partial charge in [0, 0.05) is 6.04 Å². The van der Waals surface area contributed by atoms with E-state index in [0.29, 0.717) is 0 Å². The molecule has 0 heterocycles. The molecule has 0 aliphatic heterocycles. The highest BCUT2D eigenvalue weighted by atomic mass is 35.5. The highest BCUT2D eigenvalue weighted by Crippen LogP contribution is 2.24. The summed E-state index contributed by atoms with van der Waals surface area (Å²) < 4.78 is 18.4. The Morgan fingerprint density at radius 3 is 2.70 bits per heavy atom.